The van der Waals surface area contributed by atoms with Crippen LogP contribution in [0, 0.1) is 0 Å². The zero-order chi connectivity index (χ0) is 15.6. The summed E-state index contributed by atoms with van der Waals surface area (Å²) in [5.41, 5.74) is 2.36. The molecule has 2 aliphatic heterocycles. The van der Waals surface area contributed by atoms with Gasteiger partial charge in [-0.05, 0) is 30.8 Å². The van der Waals surface area contributed by atoms with Crippen LogP contribution in [0.5, 0.6) is 0 Å². The van der Waals surface area contributed by atoms with Crippen LogP contribution in [0.3, 0.4) is 0 Å². The maximum Gasteiger partial charge on any atom is 0.317 e. The van der Waals surface area contributed by atoms with Gasteiger partial charge in [-0.2, -0.15) is 11.3 Å². The van der Waals surface area contributed by atoms with Gasteiger partial charge >= 0.3 is 6.03 Å². The fourth-order valence-corrected chi connectivity index (χ4v) is 4.91. The summed E-state index contributed by atoms with van der Waals surface area (Å²) in [6, 6.07) is 2.57. The van der Waals surface area contributed by atoms with E-state index >= 15 is 0 Å². The predicted octanol–water partition coefficient (Wildman–Crippen LogP) is 2.86. The molecule has 0 bridgehead atoms. The van der Waals surface area contributed by atoms with Crippen LogP contribution in [0.15, 0.2) is 22.2 Å². The first-order valence-electron chi connectivity index (χ1n) is 8.03. The van der Waals surface area contributed by atoms with Crippen molar-refractivity contribution in [3.05, 3.63) is 27.9 Å². The highest BCUT2D eigenvalue weighted by molar-refractivity contribution is 7.14. The molecule has 2 aromatic heterocycles. The summed E-state index contributed by atoms with van der Waals surface area (Å²) in [7, 11) is 0. The number of nitrogens with one attached hydrogen (secondary N) is 1. The van der Waals surface area contributed by atoms with Gasteiger partial charge in [0.25, 0.3) is 0 Å². The Labute approximate surface area is 143 Å². The summed E-state index contributed by atoms with van der Waals surface area (Å²) < 4.78 is 0. The number of nitrogens with zero attached hydrogens (tertiary/aromatic N) is 3. The molecule has 0 aliphatic carbocycles. The Bertz CT molecular complexity index is 669. The van der Waals surface area contributed by atoms with Gasteiger partial charge < -0.3 is 10.2 Å². The number of amides is 2. The Morgan fingerprint density at radius 3 is 3.09 bits per heavy atom. The maximum atomic E-state index is 11.9. The third kappa shape index (κ3) is 3.27. The van der Waals surface area contributed by atoms with Gasteiger partial charge in [0, 0.05) is 48.5 Å². The van der Waals surface area contributed by atoms with Crippen LogP contribution >= 0.6 is 22.7 Å². The van der Waals surface area contributed by atoms with Crippen molar-refractivity contribution in [1.29, 1.82) is 0 Å². The van der Waals surface area contributed by atoms with Crippen molar-refractivity contribution in [3.8, 4) is 10.6 Å². The average Bonchev–Trinajstić information content (AvgIpc) is 3.28. The lowest BCUT2D eigenvalue weighted by Gasteiger charge is -2.36. The number of thiazole rings is 1. The van der Waals surface area contributed by atoms with Gasteiger partial charge in [0.15, 0.2) is 0 Å². The van der Waals surface area contributed by atoms with E-state index in [2.05, 4.69) is 32.4 Å². The minimum absolute atomic E-state index is 0.102. The topological polar surface area (TPSA) is 48.5 Å². The van der Waals surface area contributed by atoms with E-state index in [-0.39, 0.29) is 6.03 Å². The first kappa shape index (κ1) is 15.1. The van der Waals surface area contributed by atoms with E-state index in [0.717, 1.165) is 56.3 Å². The molecule has 2 saturated heterocycles. The van der Waals surface area contributed by atoms with E-state index in [1.807, 2.05) is 4.90 Å². The second-order valence-corrected chi connectivity index (χ2v) is 7.75. The molecule has 122 valence electrons. The lowest BCUT2D eigenvalue weighted by atomic mass is 10.0. The summed E-state index contributed by atoms with van der Waals surface area (Å²) in [5, 5.41) is 10.4. The molecule has 0 aromatic carbocycles. The van der Waals surface area contributed by atoms with Gasteiger partial charge in [-0.1, -0.05) is 0 Å². The zero-order valence-electron chi connectivity index (χ0n) is 12.9. The Hall–Kier alpha value is -1.44. The molecule has 2 amide bonds. The predicted molar refractivity (Wildman–Crippen MR) is 93.8 cm³/mol. The molecular formula is C16H20N4OS2. The minimum atomic E-state index is 0.102. The van der Waals surface area contributed by atoms with Crippen LogP contribution < -0.4 is 5.32 Å². The number of hydrogen-bond donors (Lipinski definition) is 1. The summed E-state index contributed by atoms with van der Waals surface area (Å²) in [5.74, 6) is 0. The molecule has 0 saturated carbocycles. The second-order valence-electron chi connectivity index (χ2n) is 6.11. The smallest absolute Gasteiger partial charge is 0.317 e. The van der Waals surface area contributed by atoms with Crippen molar-refractivity contribution >= 4 is 28.7 Å². The van der Waals surface area contributed by atoms with E-state index in [1.165, 1.54) is 5.56 Å². The normalized spacial score (nSPS) is 22.5. The first-order chi connectivity index (χ1) is 11.3. The number of urea groups is 1. The lowest BCUT2D eigenvalue weighted by Crippen LogP contribution is -2.48. The van der Waals surface area contributed by atoms with E-state index in [1.54, 1.807) is 22.7 Å². The molecule has 23 heavy (non-hydrogen) atoms. The van der Waals surface area contributed by atoms with Crippen LogP contribution in [0.2, 0.25) is 0 Å². The van der Waals surface area contributed by atoms with Crippen molar-refractivity contribution in [1.82, 2.24) is 20.1 Å². The van der Waals surface area contributed by atoms with Crippen molar-refractivity contribution in [2.24, 2.45) is 0 Å². The average molecular weight is 348 g/mol. The Morgan fingerprint density at radius 1 is 1.35 bits per heavy atom. The Balaban J connectivity index is 1.39. The van der Waals surface area contributed by atoms with Crippen LogP contribution in [-0.4, -0.2) is 53.0 Å². The van der Waals surface area contributed by atoms with E-state index in [0.29, 0.717) is 6.04 Å². The number of rotatable bonds is 4. The van der Waals surface area contributed by atoms with Gasteiger partial charge in [0.2, 0.25) is 0 Å². The van der Waals surface area contributed by atoms with Crippen LogP contribution in [0.1, 0.15) is 18.5 Å². The monoisotopic (exact) mass is 348 g/mol. The summed E-state index contributed by atoms with van der Waals surface area (Å²) in [4.78, 5) is 21.1. The van der Waals surface area contributed by atoms with Crippen molar-refractivity contribution < 1.29 is 4.79 Å². The minimum Gasteiger partial charge on any atom is -0.336 e. The summed E-state index contributed by atoms with van der Waals surface area (Å²) in [6.07, 6.45) is 2.26. The molecule has 1 atom stereocenters. The highest BCUT2D eigenvalue weighted by Gasteiger charge is 2.31. The highest BCUT2D eigenvalue weighted by atomic mass is 32.1. The molecule has 0 spiro atoms. The molecule has 7 heteroatoms. The fraction of sp³-hybridized carbons (Fsp3) is 0.500. The molecule has 5 nitrogen and oxygen atoms in total. The summed E-state index contributed by atoms with van der Waals surface area (Å²) >= 11 is 3.42. The first-order valence-corrected chi connectivity index (χ1v) is 9.85. The molecule has 2 aromatic rings. The SMILES string of the molecule is O=C1NCCN1[C@@H]1CCCN(Cc2csc(-c3ccsc3)n2)C1. The van der Waals surface area contributed by atoms with Gasteiger partial charge in [-0.15, -0.1) is 11.3 Å². The number of piperidine rings is 1. The van der Waals surface area contributed by atoms with Crippen molar-refractivity contribution in [2.45, 2.75) is 25.4 Å². The molecule has 0 unspecified atom stereocenters. The standard InChI is InChI=1S/C16H20N4OS2/c21-16-17-4-6-20(16)14-2-1-5-19(9-14)8-13-11-23-15(18-13)12-3-7-22-10-12/h3,7,10-11,14H,1-2,4-6,8-9H2,(H,17,21)/t14-/m1/s1. The number of carbonyl (C=O) groups is 1. The van der Waals surface area contributed by atoms with Gasteiger partial charge in [-0.25, -0.2) is 9.78 Å². The Kier molecular flexibility index (Phi) is 4.33. The third-order valence-corrected chi connectivity index (χ3v) is 6.14. The third-order valence-electron chi connectivity index (χ3n) is 4.52. The van der Waals surface area contributed by atoms with E-state index in [4.69, 9.17) is 4.98 Å². The second kappa shape index (κ2) is 6.59. The fourth-order valence-electron chi connectivity index (χ4n) is 3.39. The molecule has 2 aliphatic rings. The molecule has 0 radical (unpaired) electrons. The van der Waals surface area contributed by atoms with Gasteiger partial charge in [0.05, 0.1) is 5.69 Å². The van der Waals surface area contributed by atoms with Gasteiger partial charge in [-0.3, -0.25) is 4.90 Å². The lowest BCUT2D eigenvalue weighted by molar-refractivity contribution is 0.121. The maximum absolute atomic E-state index is 11.9. The number of thiophene rings is 1. The van der Waals surface area contributed by atoms with Crippen molar-refractivity contribution in [3.63, 3.8) is 0 Å². The molecule has 2 fully saturated rings. The van der Waals surface area contributed by atoms with Gasteiger partial charge in [0.1, 0.15) is 5.01 Å². The van der Waals surface area contributed by atoms with Crippen molar-refractivity contribution in [2.75, 3.05) is 26.2 Å². The largest absolute Gasteiger partial charge is 0.336 e. The van der Waals surface area contributed by atoms with E-state index < -0.39 is 0 Å². The highest BCUT2D eigenvalue weighted by Crippen LogP contribution is 2.27. The molecule has 1 N–H and O–H groups in total. The Morgan fingerprint density at radius 2 is 2.30 bits per heavy atom. The van der Waals surface area contributed by atoms with E-state index in [9.17, 15) is 4.79 Å². The number of carbonyl (C=O) groups excluding carboxylic acids is 1. The number of hydrogen-bond acceptors (Lipinski definition) is 5. The quantitative estimate of drug-likeness (QED) is 0.924. The van der Waals surface area contributed by atoms with Crippen LogP contribution in [0.4, 0.5) is 4.79 Å². The summed E-state index contributed by atoms with van der Waals surface area (Å²) in [6.45, 7) is 4.56. The van der Waals surface area contributed by atoms with Crippen LogP contribution in [-0.2, 0) is 6.54 Å². The number of likely N-dealkylation sites (tertiary alicyclic amines) is 1. The molecule has 4 rings (SSSR count). The number of aromatic nitrogens is 1. The molecular weight excluding hydrogens is 328 g/mol. The molecule has 4 heterocycles. The van der Waals surface area contributed by atoms with Crippen LogP contribution in [0.25, 0.3) is 10.6 Å². The zero-order valence-corrected chi connectivity index (χ0v) is 14.5.